The molecule has 3 rings (SSSR count). The van der Waals surface area contributed by atoms with Crippen molar-refractivity contribution in [2.75, 3.05) is 11.9 Å². The summed E-state index contributed by atoms with van der Waals surface area (Å²) in [4.78, 5) is 3.54. The summed E-state index contributed by atoms with van der Waals surface area (Å²) in [6.45, 7) is 0. The molecule has 2 aromatic rings. The zero-order valence-electron chi connectivity index (χ0n) is 10.1. The summed E-state index contributed by atoms with van der Waals surface area (Å²) in [6, 6.07) is 18.6. The molecule has 0 aliphatic carbocycles. The molecular weight excluding hydrogens is 238 g/mol. The van der Waals surface area contributed by atoms with Gasteiger partial charge < -0.3 is 4.90 Å². The quantitative estimate of drug-likeness (QED) is 0.658. The van der Waals surface area contributed by atoms with E-state index in [1.807, 2.05) is 42.1 Å². The maximum atomic E-state index is 3.33. The van der Waals surface area contributed by atoms with Crippen LogP contribution in [0.15, 0.2) is 59.5 Å². The van der Waals surface area contributed by atoms with Crippen molar-refractivity contribution in [2.24, 2.45) is 0 Å². The average molecular weight is 251 g/mol. The molecule has 0 N–H and O–H groups in total. The minimum Gasteiger partial charge on any atom is -0.351 e. The standard InChI is InChI=1S/C16H13NS/c1-17-14-9-5-6-10-15(14)18-16(17)12-11-13-7-3-2-4-8-13/h2-10,16H,1H3/t16-/m1/s1. The zero-order valence-corrected chi connectivity index (χ0v) is 10.9. The number of hydrogen-bond donors (Lipinski definition) is 0. The molecule has 1 heterocycles. The lowest BCUT2D eigenvalue weighted by Gasteiger charge is -2.16. The summed E-state index contributed by atoms with van der Waals surface area (Å²) < 4.78 is 0. The lowest BCUT2D eigenvalue weighted by atomic mass is 10.2. The summed E-state index contributed by atoms with van der Waals surface area (Å²) in [7, 11) is 2.10. The van der Waals surface area contributed by atoms with Gasteiger partial charge in [0.2, 0.25) is 0 Å². The third-order valence-corrected chi connectivity index (χ3v) is 4.21. The van der Waals surface area contributed by atoms with E-state index in [-0.39, 0.29) is 5.37 Å². The molecule has 1 aliphatic rings. The molecule has 2 aromatic carbocycles. The first kappa shape index (κ1) is 11.3. The molecule has 88 valence electrons. The lowest BCUT2D eigenvalue weighted by Crippen LogP contribution is -2.22. The lowest BCUT2D eigenvalue weighted by molar-refractivity contribution is 1.01. The Morgan fingerprint density at radius 3 is 2.50 bits per heavy atom. The Morgan fingerprint density at radius 2 is 1.72 bits per heavy atom. The van der Waals surface area contributed by atoms with Crippen molar-refractivity contribution in [3.63, 3.8) is 0 Å². The van der Waals surface area contributed by atoms with Gasteiger partial charge in [0.15, 0.2) is 0 Å². The SMILES string of the molecule is CN1c2ccccc2S[C@@H]1C#Cc1ccccc1. The Labute approximate surface area is 112 Å². The molecule has 1 aliphatic heterocycles. The highest BCUT2D eigenvalue weighted by Crippen LogP contribution is 2.41. The van der Waals surface area contributed by atoms with Crippen molar-refractivity contribution in [2.45, 2.75) is 10.3 Å². The first-order valence-corrected chi connectivity index (χ1v) is 6.78. The molecule has 1 nitrogen and oxygen atoms in total. The fourth-order valence-electron chi connectivity index (χ4n) is 1.97. The van der Waals surface area contributed by atoms with Crippen LogP contribution < -0.4 is 4.90 Å². The average Bonchev–Trinajstić information content (AvgIpc) is 2.75. The van der Waals surface area contributed by atoms with Crippen LogP contribution in [-0.2, 0) is 0 Å². The summed E-state index contributed by atoms with van der Waals surface area (Å²) in [6.07, 6.45) is 0. The second-order valence-corrected chi connectivity index (χ2v) is 5.31. The Hall–Kier alpha value is -1.85. The first-order chi connectivity index (χ1) is 8.84. The predicted octanol–water partition coefficient (Wildman–Crippen LogP) is 3.61. The smallest absolute Gasteiger partial charge is 0.142 e. The molecule has 0 aromatic heterocycles. The van der Waals surface area contributed by atoms with Crippen LogP contribution in [0.3, 0.4) is 0 Å². The Balaban J connectivity index is 1.84. The molecule has 0 saturated heterocycles. The van der Waals surface area contributed by atoms with Gasteiger partial charge in [-0.3, -0.25) is 0 Å². The number of rotatable bonds is 0. The Morgan fingerprint density at radius 1 is 1.00 bits per heavy atom. The van der Waals surface area contributed by atoms with Crippen molar-refractivity contribution in [1.29, 1.82) is 0 Å². The number of thioether (sulfide) groups is 1. The second-order valence-electron chi connectivity index (χ2n) is 4.18. The highest BCUT2D eigenvalue weighted by atomic mass is 32.2. The highest BCUT2D eigenvalue weighted by Gasteiger charge is 2.24. The summed E-state index contributed by atoms with van der Waals surface area (Å²) >= 11 is 1.82. The molecular formula is C16H13NS. The van der Waals surface area contributed by atoms with Crippen LogP contribution in [0.5, 0.6) is 0 Å². The maximum absolute atomic E-state index is 3.33. The van der Waals surface area contributed by atoms with Crippen LogP contribution in [0.4, 0.5) is 5.69 Å². The normalized spacial score (nSPS) is 16.9. The van der Waals surface area contributed by atoms with E-state index in [1.54, 1.807) is 0 Å². The zero-order chi connectivity index (χ0) is 12.4. The summed E-state index contributed by atoms with van der Waals surface area (Å²) in [5.74, 6) is 6.57. The first-order valence-electron chi connectivity index (χ1n) is 5.90. The van der Waals surface area contributed by atoms with Crippen LogP contribution >= 0.6 is 11.8 Å². The van der Waals surface area contributed by atoms with E-state index in [4.69, 9.17) is 0 Å². The molecule has 0 unspecified atom stereocenters. The van der Waals surface area contributed by atoms with Gasteiger partial charge in [-0.2, -0.15) is 0 Å². The van der Waals surface area contributed by atoms with Gasteiger partial charge in [-0.05, 0) is 24.3 Å². The Bertz CT molecular complexity index is 610. The van der Waals surface area contributed by atoms with Gasteiger partial charge in [-0.25, -0.2) is 0 Å². The number of fused-ring (bicyclic) bond motifs is 1. The number of nitrogens with zero attached hydrogens (tertiary/aromatic N) is 1. The molecule has 0 spiro atoms. The van der Waals surface area contributed by atoms with Crippen molar-refractivity contribution in [1.82, 2.24) is 0 Å². The monoisotopic (exact) mass is 251 g/mol. The molecule has 0 amide bonds. The van der Waals surface area contributed by atoms with E-state index in [9.17, 15) is 0 Å². The van der Waals surface area contributed by atoms with Gasteiger partial charge in [0.25, 0.3) is 0 Å². The number of anilines is 1. The van der Waals surface area contributed by atoms with Crippen LogP contribution in [0.2, 0.25) is 0 Å². The predicted molar refractivity (Wildman–Crippen MR) is 77.8 cm³/mol. The van der Waals surface area contributed by atoms with Crippen molar-refractivity contribution in [3.05, 3.63) is 60.2 Å². The minimum absolute atomic E-state index is 0.211. The largest absolute Gasteiger partial charge is 0.351 e. The topological polar surface area (TPSA) is 3.24 Å². The summed E-state index contributed by atoms with van der Waals surface area (Å²) in [5, 5.41) is 0.211. The fourth-order valence-corrected chi connectivity index (χ4v) is 3.09. The van der Waals surface area contributed by atoms with E-state index in [1.165, 1.54) is 10.6 Å². The fraction of sp³-hybridized carbons (Fsp3) is 0.125. The van der Waals surface area contributed by atoms with Gasteiger partial charge in [-0.15, -0.1) is 0 Å². The maximum Gasteiger partial charge on any atom is 0.142 e. The number of hydrogen-bond acceptors (Lipinski definition) is 2. The molecule has 0 fully saturated rings. The number of benzene rings is 2. The highest BCUT2D eigenvalue weighted by molar-refractivity contribution is 8.00. The van der Waals surface area contributed by atoms with Gasteiger partial charge >= 0.3 is 0 Å². The summed E-state index contributed by atoms with van der Waals surface area (Å²) in [5.41, 5.74) is 2.34. The van der Waals surface area contributed by atoms with Crippen LogP contribution in [0.25, 0.3) is 0 Å². The van der Waals surface area contributed by atoms with Crippen LogP contribution in [0.1, 0.15) is 5.56 Å². The molecule has 0 bridgehead atoms. The van der Waals surface area contributed by atoms with Crippen LogP contribution in [0, 0.1) is 11.8 Å². The van der Waals surface area contributed by atoms with Crippen molar-refractivity contribution >= 4 is 17.4 Å². The van der Waals surface area contributed by atoms with Gasteiger partial charge in [-0.1, -0.05) is 53.9 Å². The molecule has 0 radical (unpaired) electrons. The van der Waals surface area contributed by atoms with Gasteiger partial charge in [0, 0.05) is 17.5 Å². The second kappa shape index (κ2) is 4.80. The number of para-hydroxylation sites is 1. The van der Waals surface area contributed by atoms with E-state index in [2.05, 4.69) is 48.1 Å². The van der Waals surface area contributed by atoms with E-state index < -0.39 is 0 Å². The van der Waals surface area contributed by atoms with Crippen LogP contribution in [-0.4, -0.2) is 12.4 Å². The van der Waals surface area contributed by atoms with E-state index in [0.29, 0.717) is 0 Å². The van der Waals surface area contributed by atoms with Gasteiger partial charge in [0.1, 0.15) is 5.37 Å². The van der Waals surface area contributed by atoms with E-state index in [0.717, 1.165) is 5.56 Å². The third-order valence-electron chi connectivity index (χ3n) is 2.95. The minimum atomic E-state index is 0.211. The Kier molecular flexibility index (Phi) is 3.00. The molecule has 0 saturated carbocycles. The van der Waals surface area contributed by atoms with Gasteiger partial charge in [0.05, 0.1) is 5.69 Å². The van der Waals surface area contributed by atoms with E-state index >= 15 is 0 Å². The van der Waals surface area contributed by atoms with Crippen molar-refractivity contribution < 1.29 is 0 Å². The molecule has 1 atom stereocenters. The molecule has 18 heavy (non-hydrogen) atoms. The third kappa shape index (κ3) is 2.10. The molecule has 2 heteroatoms. The van der Waals surface area contributed by atoms with Crippen molar-refractivity contribution in [3.8, 4) is 11.8 Å².